The first-order chi connectivity index (χ1) is 8.09. The summed E-state index contributed by atoms with van der Waals surface area (Å²) in [5, 5.41) is 18.8. The molecule has 0 aliphatic heterocycles. The van der Waals surface area contributed by atoms with Gasteiger partial charge in [-0.3, -0.25) is 4.21 Å². The van der Waals surface area contributed by atoms with Crippen LogP contribution in [-0.2, 0) is 10.8 Å². The van der Waals surface area contributed by atoms with Crippen molar-refractivity contribution in [2.75, 3.05) is 0 Å². The maximum atomic E-state index is 12.2. The molecule has 1 atom stereocenters. The molecular formula is C12H12BO3S. The smallest absolute Gasteiger partial charge is 0.427 e. The van der Waals surface area contributed by atoms with Gasteiger partial charge in [0, 0.05) is 10.7 Å². The highest BCUT2D eigenvalue weighted by atomic mass is 32.2. The SMILES string of the molecule is Cc1ccc([S@](=O)[C]2[CH][CH][CH][C]2B(O)O)cc1. The lowest BCUT2D eigenvalue weighted by atomic mass is 9.71. The average Bonchev–Trinajstić information content (AvgIpc) is 2.78. The zero-order valence-corrected chi connectivity index (χ0v) is 10.1. The maximum absolute atomic E-state index is 12.2. The fraction of sp³-hybridized carbons (Fsp3) is 0.0833. The molecular weight excluding hydrogens is 235 g/mol. The summed E-state index contributed by atoms with van der Waals surface area (Å²) >= 11 is 0. The van der Waals surface area contributed by atoms with Crippen molar-refractivity contribution in [2.24, 2.45) is 0 Å². The molecule has 0 amide bonds. The molecule has 0 unspecified atom stereocenters. The summed E-state index contributed by atoms with van der Waals surface area (Å²) in [4.78, 5) is 0.656. The highest BCUT2D eigenvalue weighted by molar-refractivity contribution is 7.88. The van der Waals surface area contributed by atoms with E-state index in [4.69, 9.17) is 10.0 Å². The fourth-order valence-corrected chi connectivity index (χ4v) is 2.82. The van der Waals surface area contributed by atoms with Crippen molar-refractivity contribution >= 4 is 17.9 Å². The largest absolute Gasteiger partial charge is 0.460 e. The van der Waals surface area contributed by atoms with Gasteiger partial charge in [0.25, 0.3) is 0 Å². The van der Waals surface area contributed by atoms with Crippen LogP contribution in [0.3, 0.4) is 0 Å². The van der Waals surface area contributed by atoms with Crippen molar-refractivity contribution in [1.29, 1.82) is 0 Å². The molecule has 1 saturated carbocycles. The second kappa shape index (κ2) is 5.33. The van der Waals surface area contributed by atoms with Crippen LogP contribution in [0.25, 0.3) is 0 Å². The normalized spacial score (nSPS) is 19.5. The fourth-order valence-electron chi connectivity index (χ4n) is 1.59. The van der Waals surface area contributed by atoms with Crippen molar-refractivity contribution in [1.82, 2.24) is 0 Å². The quantitative estimate of drug-likeness (QED) is 0.778. The van der Waals surface area contributed by atoms with E-state index in [0.717, 1.165) is 5.56 Å². The van der Waals surface area contributed by atoms with E-state index in [1.807, 2.05) is 19.1 Å². The van der Waals surface area contributed by atoms with Crippen LogP contribution in [0.1, 0.15) is 5.56 Å². The Hall–Kier alpha value is -0.645. The summed E-state index contributed by atoms with van der Waals surface area (Å²) in [6, 6.07) is 7.33. The Balaban J connectivity index is 2.17. The summed E-state index contributed by atoms with van der Waals surface area (Å²) in [7, 11) is -2.96. The van der Waals surface area contributed by atoms with Crippen LogP contribution < -0.4 is 0 Å². The van der Waals surface area contributed by atoms with Crippen molar-refractivity contribution in [3.8, 4) is 0 Å². The van der Waals surface area contributed by atoms with Crippen LogP contribution in [0.4, 0.5) is 0 Å². The molecule has 1 aromatic carbocycles. The van der Waals surface area contributed by atoms with Gasteiger partial charge in [0.05, 0.1) is 16.0 Å². The van der Waals surface area contributed by atoms with E-state index >= 15 is 0 Å². The molecule has 0 aromatic heterocycles. The molecule has 3 nitrogen and oxygen atoms in total. The van der Waals surface area contributed by atoms with E-state index in [0.29, 0.717) is 16.0 Å². The first-order valence-electron chi connectivity index (χ1n) is 5.20. The molecule has 5 heteroatoms. The van der Waals surface area contributed by atoms with Gasteiger partial charge in [-0.15, -0.1) is 0 Å². The molecule has 0 spiro atoms. The van der Waals surface area contributed by atoms with E-state index in [2.05, 4.69) is 0 Å². The van der Waals surface area contributed by atoms with Crippen molar-refractivity contribution < 1.29 is 14.3 Å². The molecule has 17 heavy (non-hydrogen) atoms. The monoisotopic (exact) mass is 247 g/mol. The van der Waals surface area contributed by atoms with Gasteiger partial charge in [0.15, 0.2) is 0 Å². The van der Waals surface area contributed by atoms with Gasteiger partial charge in [-0.25, -0.2) is 0 Å². The van der Waals surface area contributed by atoms with Gasteiger partial charge in [-0.2, -0.15) is 0 Å². The van der Waals surface area contributed by atoms with Gasteiger partial charge < -0.3 is 10.0 Å². The molecule has 1 aromatic rings. The van der Waals surface area contributed by atoms with Gasteiger partial charge in [-0.05, 0) is 38.3 Å². The predicted octanol–water partition coefficient (Wildman–Crippen LogP) is 0.848. The van der Waals surface area contributed by atoms with Gasteiger partial charge in [0.2, 0.25) is 0 Å². The molecule has 0 bridgehead atoms. The molecule has 1 aliphatic rings. The second-order valence-corrected chi connectivity index (χ2v) is 5.25. The minimum absolute atomic E-state index is 0.295. The molecule has 1 aliphatic carbocycles. The lowest BCUT2D eigenvalue weighted by Crippen LogP contribution is -2.27. The van der Waals surface area contributed by atoms with Crippen LogP contribution in [0.2, 0.25) is 0 Å². The summed E-state index contributed by atoms with van der Waals surface area (Å²) in [5.41, 5.74) is 1.09. The van der Waals surface area contributed by atoms with Gasteiger partial charge >= 0.3 is 7.12 Å². The Morgan fingerprint density at radius 3 is 2.35 bits per heavy atom. The number of rotatable bonds is 3. The summed E-state index contributed by atoms with van der Waals surface area (Å²) in [5.74, 6) is 0.295. The van der Waals surface area contributed by atoms with Crippen molar-refractivity contribution in [3.63, 3.8) is 0 Å². The Morgan fingerprint density at radius 2 is 1.76 bits per heavy atom. The number of benzene rings is 1. The number of aryl methyl sites for hydroxylation is 1. The lowest BCUT2D eigenvalue weighted by molar-refractivity contribution is 0.412. The molecule has 0 heterocycles. The molecule has 87 valence electrons. The number of hydrogen-bond donors (Lipinski definition) is 2. The lowest BCUT2D eigenvalue weighted by Gasteiger charge is -2.16. The minimum atomic E-state index is -1.59. The van der Waals surface area contributed by atoms with E-state index in [9.17, 15) is 4.21 Å². The summed E-state index contributed by atoms with van der Waals surface area (Å²) in [6.07, 6.45) is 4.87. The summed E-state index contributed by atoms with van der Waals surface area (Å²) < 4.78 is 12.2. The van der Waals surface area contributed by atoms with Crippen LogP contribution in [0.15, 0.2) is 29.2 Å². The van der Waals surface area contributed by atoms with Crippen LogP contribution in [-0.4, -0.2) is 21.4 Å². The van der Waals surface area contributed by atoms with E-state index in [1.165, 1.54) is 0 Å². The van der Waals surface area contributed by atoms with E-state index < -0.39 is 17.9 Å². The van der Waals surface area contributed by atoms with Crippen molar-refractivity contribution in [3.05, 3.63) is 60.2 Å². The second-order valence-electron chi connectivity index (χ2n) is 3.80. The molecule has 5 radical (unpaired) electrons. The topological polar surface area (TPSA) is 57.5 Å². The van der Waals surface area contributed by atoms with Crippen LogP contribution in [0.5, 0.6) is 0 Å². The zero-order valence-electron chi connectivity index (χ0n) is 9.33. The molecule has 2 N–H and O–H groups in total. The van der Waals surface area contributed by atoms with Crippen LogP contribution in [0, 0.1) is 37.3 Å². The Kier molecular flexibility index (Phi) is 4.02. The summed E-state index contributed by atoms with van der Waals surface area (Å²) in [6.45, 7) is 1.96. The molecule has 1 fully saturated rings. The maximum Gasteiger partial charge on any atom is 0.460 e. The first-order valence-corrected chi connectivity index (χ1v) is 6.35. The average molecular weight is 247 g/mol. The highest BCUT2D eigenvalue weighted by Gasteiger charge is 2.41. The predicted molar refractivity (Wildman–Crippen MR) is 67.2 cm³/mol. The van der Waals surface area contributed by atoms with E-state index in [1.54, 1.807) is 31.4 Å². The highest BCUT2D eigenvalue weighted by Crippen LogP contribution is 2.38. The number of hydrogen-bond acceptors (Lipinski definition) is 3. The Labute approximate surface area is 104 Å². The van der Waals surface area contributed by atoms with E-state index in [-0.39, 0.29) is 0 Å². The third-order valence-electron chi connectivity index (χ3n) is 2.52. The third kappa shape index (κ3) is 2.79. The Morgan fingerprint density at radius 1 is 1.12 bits per heavy atom. The Bertz CT molecular complexity index is 405. The third-order valence-corrected chi connectivity index (χ3v) is 3.99. The van der Waals surface area contributed by atoms with Gasteiger partial charge in [-0.1, -0.05) is 17.7 Å². The first kappa shape index (κ1) is 12.8. The molecule has 0 saturated heterocycles. The van der Waals surface area contributed by atoms with Gasteiger partial charge in [0.1, 0.15) is 0 Å². The molecule has 2 rings (SSSR count). The van der Waals surface area contributed by atoms with Crippen LogP contribution >= 0.6 is 0 Å². The van der Waals surface area contributed by atoms with Crippen molar-refractivity contribution in [2.45, 2.75) is 11.8 Å². The standard InChI is InChI=1S/C12H12BO3S/c1-9-5-7-10(8-6-9)17(16)12-4-2-3-11(12)13(14)15/h2-8,14-15H,1H3/t17-/m0/s1. The minimum Gasteiger partial charge on any atom is -0.427 e. The zero-order chi connectivity index (χ0) is 12.4.